The molecule has 0 fully saturated rings. The Balaban J connectivity index is 1.86. The van der Waals surface area contributed by atoms with E-state index in [1.54, 1.807) is 64.3 Å². The van der Waals surface area contributed by atoms with Crippen LogP contribution in [0.15, 0.2) is 47.7 Å². The van der Waals surface area contributed by atoms with Crippen LogP contribution in [0.1, 0.15) is 18.5 Å². The SMILES string of the molecule is COc1ccc(-c2nc3n(n2)[C@H](c2ccc(OC)c(OC)c2)C(C(N)=O)=C(C)N3)cc1OC. The predicted octanol–water partition coefficient (Wildman–Crippen LogP) is 2.75. The monoisotopic (exact) mass is 451 g/mol. The fourth-order valence-corrected chi connectivity index (χ4v) is 3.90. The molecule has 3 N–H and O–H groups in total. The molecular weight excluding hydrogens is 426 g/mol. The molecule has 10 nitrogen and oxygen atoms in total. The molecule has 1 amide bonds. The topological polar surface area (TPSA) is 123 Å². The molecule has 172 valence electrons. The molecule has 2 heterocycles. The summed E-state index contributed by atoms with van der Waals surface area (Å²) < 4.78 is 23.2. The van der Waals surface area contributed by atoms with E-state index in [0.29, 0.717) is 46.0 Å². The fourth-order valence-electron chi connectivity index (χ4n) is 3.90. The van der Waals surface area contributed by atoms with E-state index >= 15 is 0 Å². The van der Waals surface area contributed by atoms with Crippen LogP contribution in [-0.2, 0) is 4.79 Å². The molecular formula is C23H25N5O5. The van der Waals surface area contributed by atoms with Crippen LogP contribution in [-0.4, -0.2) is 49.1 Å². The van der Waals surface area contributed by atoms with Crippen molar-refractivity contribution in [3.63, 3.8) is 0 Å². The molecule has 1 aliphatic rings. The number of allylic oxidation sites excluding steroid dienone is 1. The third-order valence-corrected chi connectivity index (χ3v) is 5.48. The summed E-state index contributed by atoms with van der Waals surface area (Å²) in [5.41, 5.74) is 8.21. The van der Waals surface area contributed by atoms with Crippen LogP contribution in [0.4, 0.5) is 5.95 Å². The maximum atomic E-state index is 12.4. The Hall–Kier alpha value is -4.21. The number of benzene rings is 2. The molecule has 0 bridgehead atoms. The van der Waals surface area contributed by atoms with Gasteiger partial charge in [-0.1, -0.05) is 6.07 Å². The molecule has 1 atom stereocenters. The van der Waals surface area contributed by atoms with Gasteiger partial charge in [0.05, 0.1) is 34.0 Å². The molecule has 1 aliphatic heterocycles. The van der Waals surface area contributed by atoms with Gasteiger partial charge >= 0.3 is 0 Å². The van der Waals surface area contributed by atoms with E-state index in [-0.39, 0.29) is 0 Å². The first-order chi connectivity index (χ1) is 15.9. The predicted molar refractivity (Wildman–Crippen MR) is 122 cm³/mol. The minimum absolute atomic E-state index is 0.374. The highest BCUT2D eigenvalue weighted by Crippen LogP contribution is 2.40. The number of primary amides is 1. The first kappa shape index (κ1) is 22.0. The Morgan fingerprint density at radius 1 is 0.939 bits per heavy atom. The van der Waals surface area contributed by atoms with Crippen molar-refractivity contribution >= 4 is 11.9 Å². The van der Waals surface area contributed by atoms with Gasteiger partial charge < -0.3 is 30.0 Å². The van der Waals surface area contributed by atoms with Crippen LogP contribution in [0.5, 0.6) is 23.0 Å². The van der Waals surface area contributed by atoms with Gasteiger partial charge in [0.1, 0.15) is 6.04 Å². The van der Waals surface area contributed by atoms with E-state index in [1.807, 2.05) is 12.1 Å². The average molecular weight is 451 g/mol. The second-order valence-electron chi connectivity index (χ2n) is 7.32. The van der Waals surface area contributed by atoms with Gasteiger partial charge in [-0.3, -0.25) is 4.79 Å². The second-order valence-corrected chi connectivity index (χ2v) is 7.32. The number of amides is 1. The van der Waals surface area contributed by atoms with Gasteiger partial charge in [0.25, 0.3) is 0 Å². The smallest absolute Gasteiger partial charge is 0.248 e. The van der Waals surface area contributed by atoms with Crippen molar-refractivity contribution in [3.05, 3.63) is 53.2 Å². The molecule has 0 aliphatic carbocycles. The van der Waals surface area contributed by atoms with Crippen molar-refractivity contribution in [2.24, 2.45) is 5.73 Å². The van der Waals surface area contributed by atoms with Gasteiger partial charge in [0.2, 0.25) is 11.9 Å². The third kappa shape index (κ3) is 3.79. The molecule has 0 saturated heterocycles. The Morgan fingerprint density at radius 3 is 2.15 bits per heavy atom. The summed E-state index contributed by atoms with van der Waals surface area (Å²) in [6, 6.07) is 10.2. The first-order valence-electron chi connectivity index (χ1n) is 10.1. The molecule has 10 heteroatoms. The molecule has 2 aromatic carbocycles. The first-order valence-corrected chi connectivity index (χ1v) is 10.1. The van der Waals surface area contributed by atoms with Crippen LogP contribution in [0.2, 0.25) is 0 Å². The molecule has 33 heavy (non-hydrogen) atoms. The van der Waals surface area contributed by atoms with Gasteiger partial charge in [-0.15, -0.1) is 5.10 Å². The number of aromatic nitrogens is 3. The largest absolute Gasteiger partial charge is 0.493 e. The highest BCUT2D eigenvalue weighted by molar-refractivity contribution is 5.95. The number of ether oxygens (including phenoxy) is 4. The van der Waals surface area contributed by atoms with Gasteiger partial charge in [0, 0.05) is 11.3 Å². The molecule has 4 rings (SSSR count). The van der Waals surface area contributed by atoms with Gasteiger partial charge in [-0.25, -0.2) is 4.68 Å². The summed E-state index contributed by atoms with van der Waals surface area (Å²) in [6.07, 6.45) is 0. The summed E-state index contributed by atoms with van der Waals surface area (Å²) in [4.78, 5) is 17.1. The molecule has 1 aromatic heterocycles. The van der Waals surface area contributed by atoms with E-state index in [4.69, 9.17) is 29.8 Å². The van der Waals surface area contributed by atoms with Gasteiger partial charge in [0.15, 0.2) is 28.8 Å². The average Bonchev–Trinajstić information content (AvgIpc) is 3.25. The number of carbonyl (C=O) groups excluding carboxylic acids is 1. The Kier molecular flexibility index (Phi) is 5.82. The number of rotatable bonds is 7. The normalized spacial score (nSPS) is 14.9. The van der Waals surface area contributed by atoms with E-state index in [1.165, 1.54) is 0 Å². The van der Waals surface area contributed by atoms with E-state index in [9.17, 15) is 4.79 Å². The zero-order chi connectivity index (χ0) is 23.7. The van der Waals surface area contributed by atoms with Crippen molar-refractivity contribution in [3.8, 4) is 34.4 Å². The minimum atomic E-state index is -0.611. The number of hydrogen-bond donors (Lipinski definition) is 2. The zero-order valence-corrected chi connectivity index (χ0v) is 19.0. The highest BCUT2D eigenvalue weighted by Gasteiger charge is 2.34. The molecule has 0 radical (unpaired) electrons. The lowest BCUT2D eigenvalue weighted by molar-refractivity contribution is -0.115. The van der Waals surface area contributed by atoms with Crippen LogP contribution in [0.3, 0.4) is 0 Å². The number of hydrogen-bond acceptors (Lipinski definition) is 8. The lowest BCUT2D eigenvalue weighted by Gasteiger charge is -2.28. The van der Waals surface area contributed by atoms with Crippen molar-refractivity contribution in [1.29, 1.82) is 0 Å². The number of nitrogens with zero attached hydrogens (tertiary/aromatic N) is 3. The van der Waals surface area contributed by atoms with Crippen LogP contribution >= 0.6 is 0 Å². The number of fused-ring (bicyclic) bond motifs is 1. The lowest BCUT2D eigenvalue weighted by atomic mass is 9.95. The lowest BCUT2D eigenvalue weighted by Crippen LogP contribution is -2.31. The summed E-state index contributed by atoms with van der Waals surface area (Å²) in [6.45, 7) is 1.78. The van der Waals surface area contributed by atoms with Crippen molar-refractivity contribution < 1.29 is 23.7 Å². The number of nitrogens with two attached hydrogens (primary N) is 1. The maximum Gasteiger partial charge on any atom is 0.248 e. The highest BCUT2D eigenvalue weighted by atomic mass is 16.5. The summed E-state index contributed by atoms with van der Waals surface area (Å²) in [5, 5.41) is 7.85. The van der Waals surface area contributed by atoms with E-state index < -0.39 is 11.9 Å². The third-order valence-electron chi connectivity index (χ3n) is 5.48. The minimum Gasteiger partial charge on any atom is -0.493 e. The molecule has 3 aromatic rings. The van der Waals surface area contributed by atoms with Crippen molar-refractivity contribution in [1.82, 2.24) is 14.8 Å². The van der Waals surface area contributed by atoms with Gasteiger partial charge in [-0.05, 0) is 42.8 Å². The van der Waals surface area contributed by atoms with Crippen molar-refractivity contribution in [2.75, 3.05) is 33.8 Å². The standard InChI is InChI=1S/C23H25N5O5/c1-12-19(21(24)29)20(13-6-8-15(30-2)17(10-13)32-4)28-23(25-12)26-22(27-28)14-7-9-16(31-3)18(11-14)33-5/h6-11,20H,1-5H3,(H2,24,29)(H,25,26,27)/t20-/m1/s1. The fraction of sp³-hybridized carbons (Fsp3) is 0.261. The summed E-state index contributed by atoms with van der Waals surface area (Å²) >= 11 is 0. The number of methoxy groups -OCH3 is 4. The number of carbonyl (C=O) groups is 1. The number of nitrogens with one attached hydrogen (secondary N) is 1. The van der Waals surface area contributed by atoms with E-state index in [2.05, 4.69) is 10.3 Å². The Bertz CT molecular complexity index is 1250. The second kappa shape index (κ2) is 8.73. The zero-order valence-electron chi connectivity index (χ0n) is 19.0. The van der Waals surface area contributed by atoms with Crippen molar-refractivity contribution in [2.45, 2.75) is 13.0 Å². The Morgan fingerprint density at radius 2 is 1.55 bits per heavy atom. The maximum absolute atomic E-state index is 12.4. The molecule has 0 spiro atoms. The quantitative estimate of drug-likeness (QED) is 0.562. The molecule has 0 saturated carbocycles. The Labute approximate surface area is 190 Å². The van der Waals surface area contributed by atoms with E-state index in [0.717, 1.165) is 11.1 Å². The van der Waals surface area contributed by atoms with Crippen LogP contribution in [0, 0.1) is 0 Å². The summed E-state index contributed by atoms with van der Waals surface area (Å²) in [5.74, 6) is 2.61. The van der Waals surface area contributed by atoms with Crippen LogP contribution < -0.4 is 30.0 Å². The van der Waals surface area contributed by atoms with Gasteiger partial charge in [-0.2, -0.15) is 4.98 Å². The summed E-state index contributed by atoms with van der Waals surface area (Å²) in [7, 11) is 6.25. The molecule has 0 unspecified atom stereocenters. The number of anilines is 1. The van der Waals surface area contributed by atoms with Crippen LogP contribution in [0.25, 0.3) is 11.4 Å².